The molecule has 1 fully saturated rings. The molecule has 1 aliphatic heterocycles. The van der Waals surface area contributed by atoms with E-state index in [1.807, 2.05) is 29.8 Å². The van der Waals surface area contributed by atoms with E-state index in [1.54, 1.807) is 6.20 Å². The maximum absolute atomic E-state index is 12.2. The Labute approximate surface area is 158 Å². The molecule has 3 aromatic rings. The molecule has 6 nitrogen and oxygen atoms in total. The number of piperidine rings is 1. The van der Waals surface area contributed by atoms with Crippen LogP contribution in [0.1, 0.15) is 25.3 Å². The Hall–Kier alpha value is -2.89. The Balaban J connectivity index is 1.68. The zero-order chi connectivity index (χ0) is 18.8. The van der Waals surface area contributed by atoms with E-state index in [0.29, 0.717) is 13.2 Å². The number of aryl methyl sites for hydroxylation is 1. The number of fused-ring (bicyclic) bond motifs is 1. The molecule has 2 aromatic heterocycles. The van der Waals surface area contributed by atoms with E-state index in [0.717, 1.165) is 42.0 Å². The van der Waals surface area contributed by atoms with Crippen molar-refractivity contribution in [3.8, 4) is 11.3 Å². The van der Waals surface area contributed by atoms with Gasteiger partial charge in [-0.2, -0.15) is 5.10 Å². The Morgan fingerprint density at radius 1 is 1.33 bits per heavy atom. The fraction of sp³-hybridized carbons (Fsp3) is 0.381. The predicted octanol–water partition coefficient (Wildman–Crippen LogP) is 3.48. The molecule has 0 saturated carbocycles. The lowest BCUT2D eigenvalue weighted by molar-refractivity contribution is -0.148. The molecule has 140 valence electrons. The molecule has 1 aliphatic rings. The lowest BCUT2D eigenvalue weighted by Gasteiger charge is -2.32. The van der Waals surface area contributed by atoms with Crippen molar-refractivity contribution in [1.82, 2.24) is 14.6 Å². The van der Waals surface area contributed by atoms with Crippen LogP contribution in [0.3, 0.4) is 0 Å². The molecule has 1 aromatic carbocycles. The van der Waals surface area contributed by atoms with E-state index >= 15 is 0 Å². The zero-order valence-electron chi connectivity index (χ0n) is 15.8. The average molecular weight is 364 g/mol. The summed E-state index contributed by atoms with van der Waals surface area (Å²) in [6, 6.07) is 10.3. The van der Waals surface area contributed by atoms with Crippen molar-refractivity contribution in [3.05, 3.63) is 48.3 Å². The van der Waals surface area contributed by atoms with Crippen LogP contribution in [0.25, 0.3) is 16.8 Å². The van der Waals surface area contributed by atoms with Crippen molar-refractivity contribution >= 4 is 17.3 Å². The van der Waals surface area contributed by atoms with Gasteiger partial charge in [-0.15, -0.1) is 0 Å². The highest BCUT2D eigenvalue weighted by molar-refractivity contribution is 5.78. The zero-order valence-corrected chi connectivity index (χ0v) is 15.8. The van der Waals surface area contributed by atoms with Gasteiger partial charge in [0.2, 0.25) is 0 Å². The van der Waals surface area contributed by atoms with Gasteiger partial charge in [-0.25, -0.2) is 9.50 Å². The van der Waals surface area contributed by atoms with Crippen LogP contribution in [0.5, 0.6) is 0 Å². The highest BCUT2D eigenvalue weighted by Gasteiger charge is 2.28. The maximum atomic E-state index is 12.2. The van der Waals surface area contributed by atoms with Crippen molar-refractivity contribution in [3.63, 3.8) is 0 Å². The smallest absolute Gasteiger partial charge is 0.310 e. The summed E-state index contributed by atoms with van der Waals surface area (Å²) < 4.78 is 7.10. The summed E-state index contributed by atoms with van der Waals surface area (Å²) in [6.45, 7) is 5.88. The second kappa shape index (κ2) is 7.39. The van der Waals surface area contributed by atoms with Crippen molar-refractivity contribution in [2.45, 2.75) is 26.7 Å². The maximum Gasteiger partial charge on any atom is 0.310 e. The van der Waals surface area contributed by atoms with Crippen LogP contribution in [-0.2, 0) is 9.53 Å². The van der Waals surface area contributed by atoms with Gasteiger partial charge in [0.25, 0.3) is 0 Å². The number of aromatic nitrogens is 3. The van der Waals surface area contributed by atoms with E-state index in [9.17, 15) is 4.79 Å². The molecule has 0 spiro atoms. The first-order valence-electron chi connectivity index (χ1n) is 9.49. The van der Waals surface area contributed by atoms with Crippen LogP contribution in [0.2, 0.25) is 0 Å². The molecule has 1 atom stereocenters. The lowest BCUT2D eigenvalue weighted by atomic mass is 9.98. The van der Waals surface area contributed by atoms with Gasteiger partial charge in [0.05, 0.1) is 18.2 Å². The van der Waals surface area contributed by atoms with Crippen LogP contribution in [0.15, 0.2) is 42.7 Å². The summed E-state index contributed by atoms with van der Waals surface area (Å²) in [7, 11) is 0. The number of hydrogen-bond donors (Lipinski definition) is 0. The number of hydrogen-bond acceptors (Lipinski definition) is 5. The van der Waals surface area contributed by atoms with Crippen molar-refractivity contribution in [1.29, 1.82) is 0 Å². The standard InChI is InChI=1S/C21H24N4O2/c1-3-27-21(26)16-8-6-11-24(14-16)20-19-13-18(23-25(19)12-10-22-20)17-9-5-4-7-15(17)2/h4-5,7,9-10,12-13,16H,3,6,8,11,14H2,1-2H3/t16-/m1/s1. The van der Waals surface area contributed by atoms with Gasteiger partial charge in [0.1, 0.15) is 5.52 Å². The molecule has 3 heterocycles. The molecule has 6 heteroatoms. The van der Waals surface area contributed by atoms with Gasteiger partial charge in [0.15, 0.2) is 5.82 Å². The van der Waals surface area contributed by atoms with Crippen LogP contribution in [0.4, 0.5) is 5.82 Å². The number of carbonyl (C=O) groups is 1. The summed E-state index contributed by atoms with van der Waals surface area (Å²) in [5.74, 6) is 0.668. The minimum absolute atomic E-state index is 0.0977. The molecule has 0 radical (unpaired) electrons. The number of esters is 1. The minimum Gasteiger partial charge on any atom is -0.466 e. The van der Waals surface area contributed by atoms with Crippen LogP contribution < -0.4 is 4.90 Å². The Bertz CT molecular complexity index is 966. The number of benzene rings is 1. The normalized spacial score (nSPS) is 17.3. The monoisotopic (exact) mass is 364 g/mol. The molecular formula is C21H24N4O2. The van der Waals surface area contributed by atoms with Gasteiger partial charge in [-0.1, -0.05) is 24.3 Å². The molecule has 0 N–H and O–H groups in total. The Kier molecular flexibility index (Phi) is 4.79. The van der Waals surface area contributed by atoms with Gasteiger partial charge in [0, 0.05) is 31.0 Å². The van der Waals surface area contributed by atoms with E-state index in [4.69, 9.17) is 9.84 Å². The van der Waals surface area contributed by atoms with Crippen LogP contribution in [0, 0.1) is 12.8 Å². The molecule has 27 heavy (non-hydrogen) atoms. The first-order valence-corrected chi connectivity index (χ1v) is 9.49. The summed E-state index contributed by atoms with van der Waals surface area (Å²) >= 11 is 0. The van der Waals surface area contributed by atoms with Gasteiger partial charge in [-0.3, -0.25) is 4.79 Å². The number of carbonyl (C=O) groups excluding carboxylic acids is 1. The molecule has 0 amide bonds. The topological polar surface area (TPSA) is 59.7 Å². The SMILES string of the molecule is CCOC(=O)[C@@H]1CCCN(c2nccn3nc(-c4ccccc4C)cc23)C1. The first kappa shape index (κ1) is 17.5. The summed E-state index contributed by atoms with van der Waals surface area (Å²) in [6.07, 6.45) is 5.45. The fourth-order valence-electron chi connectivity index (χ4n) is 3.77. The van der Waals surface area contributed by atoms with Gasteiger partial charge < -0.3 is 9.64 Å². The predicted molar refractivity (Wildman–Crippen MR) is 105 cm³/mol. The molecule has 0 aliphatic carbocycles. The number of ether oxygens (including phenoxy) is 1. The third-order valence-corrected chi connectivity index (χ3v) is 5.13. The van der Waals surface area contributed by atoms with Crippen LogP contribution >= 0.6 is 0 Å². The quantitative estimate of drug-likeness (QED) is 0.663. The highest BCUT2D eigenvalue weighted by Crippen LogP contribution is 2.29. The van der Waals surface area contributed by atoms with E-state index in [-0.39, 0.29) is 11.9 Å². The Morgan fingerprint density at radius 2 is 2.19 bits per heavy atom. The number of rotatable bonds is 4. The third kappa shape index (κ3) is 3.39. The highest BCUT2D eigenvalue weighted by atomic mass is 16.5. The second-order valence-electron chi connectivity index (χ2n) is 6.96. The van der Waals surface area contributed by atoms with E-state index in [2.05, 4.69) is 35.0 Å². The average Bonchev–Trinajstić information content (AvgIpc) is 3.12. The van der Waals surface area contributed by atoms with E-state index < -0.39 is 0 Å². The lowest BCUT2D eigenvalue weighted by Crippen LogP contribution is -2.40. The summed E-state index contributed by atoms with van der Waals surface area (Å²) in [4.78, 5) is 19.0. The fourth-order valence-corrected chi connectivity index (χ4v) is 3.77. The minimum atomic E-state index is -0.108. The first-order chi connectivity index (χ1) is 13.2. The largest absolute Gasteiger partial charge is 0.466 e. The van der Waals surface area contributed by atoms with Gasteiger partial charge >= 0.3 is 5.97 Å². The molecule has 0 unspecified atom stereocenters. The molecule has 0 bridgehead atoms. The molecule has 4 rings (SSSR count). The Morgan fingerprint density at radius 3 is 3.00 bits per heavy atom. The van der Waals surface area contributed by atoms with Crippen LogP contribution in [-0.4, -0.2) is 40.3 Å². The van der Waals surface area contributed by atoms with Crippen molar-refractivity contribution in [2.75, 3.05) is 24.6 Å². The second-order valence-corrected chi connectivity index (χ2v) is 6.96. The third-order valence-electron chi connectivity index (χ3n) is 5.13. The van der Waals surface area contributed by atoms with Gasteiger partial charge in [-0.05, 0) is 38.3 Å². The van der Waals surface area contributed by atoms with Crippen molar-refractivity contribution < 1.29 is 9.53 Å². The summed E-state index contributed by atoms with van der Waals surface area (Å²) in [5, 5.41) is 4.74. The van der Waals surface area contributed by atoms with E-state index in [1.165, 1.54) is 5.56 Å². The summed E-state index contributed by atoms with van der Waals surface area (Å²) in [5.41, 5.74) is 4.20. The molecular weight excluding hydrogens is 340 g/mol. The molecule has 1 saturated heterocycles. The number of nitrogens with zero attached hydrogens (tertiary/aromatic N) is 4. The van der Waals surface area contributed by atoms with Crippen molar-refractivity contribution in [2.24, 2.45) is 5.92 Å². The number of anilines is 1.